The van der Waals surface area contributed by atoms with Crippen LogP contribution in [0.3, 0.4) is 0 Å². The second-order valence-electron chi connectivity index (χ2n) is 6.08. The Labute approximate surface area is 141 Å². The number of aryl methyl sites for hydroxylation is 1. The number of hydrogen-bond acceptors (Lipinski definition) is 4. The Bertz CT molecular complexity index is 868. The topological polar surface area (TPSA) is 62.3 Å². The van der Waals surface area contributed by atoms with Crippen molar-refractivity contribution in [1.29, 1.82) is 0 Å². The third kappa shape index (κ3) is 2.61. The molecule has 0 amide bonds. The molecule has 4 rings (SSSR count). The largest absolute Gasteiger partial charge is 0.454 e. The van der Waals surface area contributed by atoms with Crippen molar-refractivity contribution < 1.29 is 9.47 Å². The Balaban J connectivity index is 1.77. The molecule has 0 saturated carbocycles. The van der Waals surface area contributed by atoms with Crippen molar-refractivity contribution in [3.8, 4) is 11.5 Å². The Hall–Kier alpha value is -2.53. The van der Waals surface area contributed by atoms with Crippen LogP contribution in [0.2, 0.25) is 0 Å². The van der Waals surface area contributed by atoms with Crippen LogP contribution in [0.25, 0.3) is 11.0 Å². The number of aromatic nitrogens is 2. The first kappa shape index (κ1) is 15.0. The molecule has 2 aromatic carbocycles. The van der Waals surface area contributed by atoms with Crippen LogP contribution in [-0.4, -0.2) is 16.3 Å². The number of nitrogens with two attached hydrogens (primary N) is 1. The van der Waals surface area contributed by atoms with Gasteiger partial charge in [0.15, 0.2) is 11.5 Å². The zero-order chi connectivity index (χ0) is 16.5. The number of hydrogen-bond donors (Lipinski definition) is 1. The van der Waals surface area contributed by atoms with Crippen LogP contribution in [-0.2, 0) is 19.5 Å². The lowest BCUT2D eigenvalue weighted by Gasteiger charge is -2.10. The summed E-state index contributed by atoms with van der Waals surface area (Å²) < 4.78 is 13.3. The normalized spacial score (nSPS) is 12.9. The number of fused-ring (bicyclic) bond motifs is 2. The van der Waals surface area contributed by atoms with E-state index in [2.05, 4.69) is 35.8 Å². The summed E-state index contributed by atoms with van der Waals surface area (Å²) in [6.45, 7) is 3.81. The molecular formula is C19H21N3O2. The molecule has 0 radical (unpaired) electrons. The highest BCUT2D eigenvalue weighted by Gasteiger charge is 2.19. The second-order valence-corrected chi connectivity index (χ2v) is 6.08. The molecule has 5 heteroatoms. The zero-order valence-electron chi connectivity index (χ0n) is 13.8. The lowest BCUT2D eigenvalue weighted by atomic mass is 10.1. The molecule has 0 fully saturated rings. The highest BCUT2D eigenvalue weighted by molar-refractivity contribution is 5.81. The quantitative estimate of drug-likeness (QED) is 0.783. The van der Waals surface area contributed by atoms with Crippen molar-refractivity contribution in [3.05, 3.63) is 53.3 Å². The summed E-state index contributed by atoms with van der Waals surface area (Å²) in [5.41, 5.74) is 10.1. The third-order valence-corrected chi connectivity index (χ3v) is 4.39. The highest BCUT2D eigenvalue weighted by atomic mass is 16.7. The van der Waals surface area contributed by atoms with E-state index in [1.165, 1.54) is 5.56 Å². The number of rotatable bonds is 5. The van der Waals surface area contributed by atoms with E-state index in [0.717, 1.165) is 53.3 Å². The van der Waals surface area contributed by atoms with Gasteiger partial charge in [-0.05, 0) is 17.5 Å². The van der Waals surface area contributed by atoms with Crippen molar-refractivity contribution in [1.82, 2.24) is 9.55 Å². The molecule has 0 atom stereocenters. The van der Waals surface area contributed by atoms with Gasteiger partial charge in [-0.15, -0.1) is 0 Å². The van der Waals surface area contributed by atoms with Gasteiger partial charge >= 0.3 is 0 Å². The van der Waals surface area contributed by atoms with Gasteiger partial charge in [0.05, 0.1) is 11.0 Å². The van der Waals surface area contributed by atoms with Crippen molar-refractivity contribution in [3.63, 3.8) is 0 Å². The van der Waals surface area contributed by atoms with Gasteiger partial charge in [-0.3, -0.25) is 0 Å². The van der Waals surface area contributed by atoms with Crippen LogP contribution in [0.15, 0.2) is 36.4 Å². The van der Waals surface area contributed by atoms with Gasteiger partial charge in [0.25, 0.3) is 0 Å². The fourth-order valence-electron chi connectivity index (χ4n) is 3.12. The van der Waals surface area contributed by atoms with Crippen molar-refractivity contribution >= 4 is 11.0 Å². The third-order valence-electron chi connectivity index (χ3n) is 4.39. The molecule has 0 bridgehead atoms. The smallest absolute Gasteiger partial charge is 0.231 e. The molecule has 3 aromatic rings. The van der Waals surface area contributed by atoms with E-state index in [4.69, 9.17) is 20.2 Å². The number of ether oxygens (including phenoxy) is 2. The van der Waals surface area contributed by atoms with Crippen LogP contribution < -0.4 is 15.2 Å². The van der Waals surface area contributed by atoms with E-state index in [-0.39, 0.29) is 6.79 Å². The summed E-state index contributed by atoms with van der Waals surface area (Å²) in [7, 11) is 0. The molecule has 124 valence electrons. The van der Waals surface area contributed by atoms with Gasteiger partial charge in [-0.25, -0.2) is 4.98 Å². The summed E-state index contributed by atoms with van der Waals surface area (Å²) in [5.74, 6) is 2.67. The Kier molecular flexibility index (Phi) is 3.86. The van der Waals surface area contributed by atoms with Gasteiger partial charge in [0, 0.05) is 31.6 Å². The molecule has 1 aromatic heterocycles. The minimum absolute atomic E-state index is 0.282. The molecule has 0 aliphatic carbocycles. The molecule has 0 saturated heterocycles. The monoisotopic (exact) mass is 323 g/mol. The van der Waals surface area contributed by atoms with Crippen LogP contribution in [0, 0.1) is 0 Å². The van der Waals surface area contributed by atoms with E-state index < -0.39 is 0 Å². The maximum atomic E-state index is 5.69. The van der Waals surface area contributed by atoms with Crippen LogP contribution >= 0.6 is 0 Å². The average Bonchev–Trinajstić information content (AvgIpc) is 3.18. The first-order chi connectivity index (χ1) is 11.8. The zero-order valence-corrected chi connectivity index (χ0v) is 13.8. The number of nitrogens with zero attached hydrogens (tertiary/aromatic N) is 2. The van der Waals surface area contributed by atoms with Gasteiger partial charge < -0.3 is 19.8 Å². The predicted molar refractivity (Wildman–Crippen MR) is 93.3 cm³/mol. The molecule has 5 nitrogen and oxygen atoms in total. The predicted octanol–water partition coefficient (Wildman–Crippen LogP) is 3.22. The highest BCUT2D eigenvalue weighted by Crippen LogP contribution is 2.36. The molecule has 1 aliphatic heterocycles. The summed E-state index contributed by atoms with van der Waals surface area (Å²) in [6, 6.07) is 12.5. The summed E-state index contributed by atoms with van der Waals surface area (Å²) in [4.78, 5) is 4.82. The van der Waals surface area contributed by atoms with Gasteiger partial charge in [-0.2, -0.15) is 0 Å². The first-order valence-electron chi connectivity index (χ1n) is 8.35. The maximum Gasteiger partial charge on any atom is 0.231 e. The standard InChI is InChI=1S/C19H21N3O2/c1-2-3-19-21-15-8-17-18(24-12-23-17)9-16(15)22(19)11-14-6-4-13(10-20)5-7-14/h4-9H,2-3,10-12,20H2,1H3. The molecule has 0 unspecified atom stereocenters. The maximum absolute atomic E-state index is 5.69. The molecular weight excluding hydrogens is 302 g/mol. The molecule has 2 heterocycles. The van der Waals surface area contributed by atoms with Crippen LogP contribution in [0.4, 0.5) is 0 Å². The Morgan fingerprint density at radius 3 is 2.50 bits per heavy atom. The van der Waals surface area contributed by atoms with Crippen LogP contribution in [0.1, 0.15) is 30.3 Å². The number of benzene rings is 2. The van der Waals surface area contributed by atoms with Gasteiger partial charge in [-0.1, -0.05) is 31.2 Å². The van der Waals surface area contributed by atoms with E-state index in [1.54, 1.807) is 0 Å². The summed E-state index contributed by atoms with van der Waals surface area (Å²) in [5, 5.41) is 0. The Morgan fingerprint density at radius 1 is 1.08 bits per heavy atom. The number of imidazole rings is 1. The summed E-state index contributed by atoms with van der Waals surface area (Å²) >= 11 is 0. The summed E-state index contributed by atoms with van der Waals surface area (Å²) in [6.07, 6.45) is 2.00. The van der Waals surface area contributed by atoms with E-state index >= 15 is 0 Å². The van der Waals surface area contributed by atoms with Gasteiger partial charge in [0.1, 0.15) is 5.82 Å². The molecule has 0 spiro atoms. The molecule has 24 heavy (non-hydrogen) atoms. The minimum atomic E-state index is 0.282. The van der Waals surface area contributed by atoms with Gasteiger partial charge in [0.2, 0.25) is 6.79 Å². The van der Waals surface area contributed by atoms with E-state index in [1.807, 2.05) is 12.1 Å². The van der Waals surface area contributed by atoms with E-state index in [9.17, 15) is 0 Å². The van der Waals surface area contributed by atoms with E-state index in [0.29, 0.717) is 6.54 Å². The fourth-order valence-corrected chi connectivity index (χ4v) is 3.12. The molecule has 2 N–H and O–H groups in total. The second kappa shape index (κ2) is 6.17. The van der Waals surface area contributed by atoms with Crippen LogP contribution in [0.5, 0.6) is 11.5 Å². The minimum Gasteiger partial charge on any atom is -0.454 e. The van der Waals surface area contributed by atoms with Crippen molar-refractivity contribution in [2.24, 2.45) is 5.73 Å². The average molecular weight is 323 g/mol. The van der Waals surface area contributed by atoms with Crippen molar-refractivity contribution in [2.45, 2.75) is 32.9 Å². The molecule has 1 aliphatic rings. The van der Waals surface area contributed by atoms with Crippen molar-refractivity contribution in [2.75, 3.05) is 6.79 Å². The SMILES string of the molecule is CCCc1nc2cc3c(cc2n1Cc1ccc(CN)cc1)OCO3. The first-order valence-corrected chi connectivity index (χ1v) is 8.35. The lowest BCUT2D eigenvalue weighted by molar-refractivity contribution is 0.174. The fraction of sp³-hybridized carbons (Fsp3) is 0.316. The Morgan fingerprint density at radius 2 is 1.79 bits per heavy atom. The lowest BCUT2D eigenvalue weighted by Crippen LogP contribution is -2.05.